The van der Waals surface area contributed by atoms with Crippen LogP contribution in [0.15, 0.2) is 0 Å². The first kappa shape index (κ1) is 12.4. The van der Waals surface area contributed by atoms with Gasteiger partial charge in [0.2, 0.25) is 0 Å². The normalized spacial score (nSPS) is 31.6. The van der Waals surface area contributed by atoms with E-state index in [1.807, 2.05) is 7.05 Å². The number of hydrogen-bond donors (Lipinski definition) is 2. The minimum atomic E-state index is 0.372. The molecule has 1 aliphatic carbocycles. The van der Waals surface area contributed by atoms with Gasteiger partial charge in [-0.25, -0.2) is 9.97 Å². The van der Waals surface area contributed by atoms with Crippen molar-refractivity contribution in [2.45, 2.75) is 63.2 Å². The molecule has 4 rings (SSSR count). The van der Waals surface area contributed by atoms with Crippen molar-refractivity contribution in [1.29, 1.82) is 0 Å². The highest BCUT2D eigenvalue weighted by atomic mass is 16.5. The molecular formula is C15H22N4O. The Morgan fingerprint density at radius 1 is 1.10 bits per heavy atom. The third-order valence-electron chi connectivity index (χ3n) is 4.77. The summed E-state index contributed by atoms with van der Waals surface area (Å²) >= 11 is 0. The summed E-state index contributed by atoms with van der Waals surface area (Å²) in [6.45, 7) is 2.08. The number of aromatic nitrogens is 2. The molecule has 20 heavy (non-hydrogen) atoms. The second-order valence-corrected chi connectivity index (χ2v) is 6.29. The fourth-order valence-electron chi connectivity index (χ4n) is 3.41. The van der Waals surface area contributed by atoms with E-state index in [0.717, 1.165) is 29.4 Å². The van der Waals surface area contributed by atoms with Crippen LogP contribution in [0.4, 0.5) is 11.6 Å². The molecule has 2 N–H and O–H groups in total. The van der Waals surface area contributed by atoms with E-state index in [2.05, 4.69) is 22.5 Å². The van der Waals surface area contributed by atoms with Gasteiger partial charge < -0.3 is 15.4 Å². The predicted octanol–water partition coefficient (Wildman–Crippen LogP) is 2.44. The van der Waals surface area contributed by atoms with E-state index in [1.165, 1.54) is 25.7 Å². The molecule has 3 unspecified atom stereocenters. The average Bonchev–Trinajstić information content (AvgIpc) is 3.11. The number of fused-ring (bicyclic) bond motifs is 2. The number of rotatable bonds is 4. The first-order valence-corrected chi connectivity index (χ1v) is 7.73. The van der Waals surface area contributed by atoms with Gasteiger partial charge in [0.15, 0.2) is 0 Å². The second-order valence-electron chi connectivity index (χ2n) is 6.29. The molecule has 5 nitrogen and oxygen atoms in total. The van der Waals surface area contributed by atoms with Gasteiger partial charge in [-0.05, 0) is 39.0 Å². The standard InChI is InChI=1S/C15H22N4O/c1-8-13(16-2)18-15(9-3-4-9)19-14(8)17-11-7-10-5-6-12(11)20-10/h9-12H,3-7H2,1-2H3,(H2,16,17,18,19). The van der Waals surface area contributed by atoms with E-state index in [9.17, 15) is 0 Å². The molecule has 3 atom stereocenters. The van der Waals surface area contributed by atoms with Crippen LogP contribution in [0.1, 0.15) is 49.4 Å². The lowest BCUT2D eigenvalue weighted by atomic mass is 9.95. The van der Waals surface area contributed by atoms with Gasteiger partial charge in [0, 0.05) is 18.5 Å². The van der Waals surface area contributed by atoms with Gasteiger partial charge in [0.25, 0.3) is 0 Å². The summed E-state index contributed by atoms with van der Waals surface area (Å²) in [6.07, 6.45) is 6.80. The SMILES string of the molecule is CNc1nc(C2CC2)nc(NC2CC3CCC2O3)c1C. The highest BCUT2D eigenvalue weighted by Crippen LogP contribution is 2.40. The zero-order chi connectivity index (χ0) is 13.7. The van der Waals surface area contributed by atoms with Crippen molar-refractivity contribution in [1.82, 2.24) is 9.97 Å². The number of nitrogens with one attached hydrogen (secondary N) is 2. The van der Waals surface area contributed by atoms with Crippen molar-refractivity contribution in [3.8, 4) is 0 Å². The Labute approximate surface area is 119 Å². The fourth-order valence-corrected chi connectivity index (χ4v) is 3.41. The van der Waals surface area contributed by atoms with E-state index in [4.69, 9.17) is 9.72 Å². The minimum Gasteiger partial charge on any atom is -0.373 e. The fraction of sp³-hybridized carbons (Fsp3) is 0.733. The molecule has 2 bridgehead atoms. The molecule has 3 fully saturated rings. The number of hydrogen-bond acceptors (Lipinski definition) is 5. The number of anilines is 2. The Bertz CT molecular complexity index is 529. The van der Waals surface area contributed by atoms with Crippen molar-refractivity contribution in [2.75, 3.05) is 17.7 Å². The van der Waals surface area contributed by atoms with Gasteiger partial charge >= 0.3 is 0 Å². The topological polar surface area (TPSA) is 59.1 Å². The van der Waals surface area contributed by atoms with Crippen LogP contribution in [0.3, 0.4) is 0 Å². The van der Waals surface area contributed by atoms with Crippen LogP contribution in [0.25, 0.3) is 0 Å². The lowest BCUT2D eigenvalue weighted by Crippen LogP contribution is -2.31. The average molecular weight is 274 g/mol. The quantitative estimate of drug-likeness (QED) is 0.883. The second kappa shape index (κ2) is 4.58. The molecule has 2 aliphatic heterocycles. The monoisotopic (exact) mass is 274 g/mol. The summed E-state index contributed by atoms with van der Waals surface area (Å²) in [7, 11) is 1.93. The van der Waals surface area contributed by atoms with Crippen molar-refractivity contribution >= 4 is 11.6 Å². The smallest absolute Gasteiger partial charge is 0.136 e. The summed E-state index contributed by atoms with van der Waals surface area (Å²) in [6, 6.07) is 0.416. The van der Waals surface area contributed by atoms with Crippen molar-refractivity contribution < 1.29 is 4.74 Å². The van der Waals surface area contributed by atoms with E-state index >= 15 is 0 Å². The third-order valence-corrected chi connectivity index (χ3v) is 4.77. The van der Waals surface area contributed by atoms with Crippen LogP contribution in [0.5, 0.6) is 0 Å². The highest BCUT2D eigenvalue weighted by Gasteiger charge is 2.41. The summed E-state index contributed by atoms with van der Waals surface area (Å²) in [5.74, 6) is 3.51. The van der Waals surface area contributed by atoms with Crippen LogP contribution < -0.4 is 10.6 Å². The van der Waals surface area contributed by atoms with E-state index in [1.54, 1.807) is 0 Å². The van der Waals surface area contributed by atoms with Crippen molar-refractivity contribution in [3.63, 3.8) is 0 Å². The Morgan fingerprint density at radius 2 is 1.90 bits per heavy atom. The number of ether oxygens (including phenoxy) is 1. The Balaban J connectivity index is 1.61. The van der Waals surface area contributed by atoms with Crippen molar-refractivity contribution in [3.05, 3.63) is 11.4 Å². The molecule has 2 saturated heterocycles. The summed E-state index contributed by atoms with van der Waals surface area (Å²) in [4.78, 5) is 9.41. The molecule has 1 aromatic rings. The first-order chi connectivity index (χ1) is 9.74. The maximum absolute atomic E-state index is 5.92. The summed E-state index contributed by atoms with van der Waals surface area (Å²) < 4.78 is 5.92. The Hall–Kier alpha value is -1.36. The molecule has 108 valence electrons. The molecule has 1 aromatic heterocycles. The molecular weight excluding hydrogens is 252 g/mol. The third kappa shape index (κ3) is 2.04. The molecule has 5 heteroatoms. The minimum absolute atomic E-state index is 0.372. The molecule has 1 saturated carbocycles. The Morgan fingerprint density at radius 3 is 2.50 bits per heavy atom. The van der Waals surface area contributed by atoms with Crippen LogP contribution in [0.2, 0.25) is 0 Å². The Kier molecular flexibility index (Phi) is 2.84. The molecule has 3 aliphatic rings. The highest BCUT2D eigenvalue weighted by molar-refractivity contribution is 5.58. The maximum atomic E-state index is 5.92. The lowest BCUT2D eigenvalue weighted by molar-refractivity contribution is 0.102. The van der Waals surface area contributed by atoms with E-state index in [-0.39, 0.29) is 0 Å². The summed E-state index contributed by atoms with van der Waals surface area (Å²) in [5, 5.41) is 6.82. The van der Waals surface area contributed by atoms with Crippen LogP contribution >= 0.6 is 0 Å². The van der Waals surface area contributed by atoms with Gasteiger partial charge in [0.1, 0.15) is 17.5 Å². The maximum Gasteiger partial charge on any atom is 0.136 e. The van der Waals surface area contributed by atoms with E-state index in [0.29, 0.717) is 24.2 Å². The van der Waals surface area contributed by atoms with Gasteiger partial charge in [-0.15, -0.1) is 0 Å². The lowest BCUT2D eigenvalue weighted by Gasteiger charge is -2.22. The largest absolute Gasteiger partial charge is 0.373 e. The molecule has 3 heterocycles. The molecule has 0 aromatic carbocycles. The number of nitrogens with zero attached hydrogens (tertiary/aromatic N) is 2. The van der Waals surface area contributed by atoms with Gasteiger partial charge in [-0.1, -0.05) is 0 Å². The molecule has 0 radical (unpaired) electrons. The first-order valence-electron chi connectivity index (χ1n) is 7.73. The predicted molar refractivity (Wildman–Crippen MR) is 78.2 cm³/mol. The van der Waals surface area contributed by atoms with Gasteiger partial charge in [0.05, 0.1) is 18.2 Å². The van der Waals surface area contributed by atoms with Crippen LogP contribution in [-0.2, 0) is 4.74 Å². The zero-order valence-corrected chi connectivity index (χ0v) is 12.1. The summed E-state index contributed by atoms with van der Waals surface area (Å²) in [5.41, 5.74) is 1.11. The zero-order valence-electron chi connectivity index (χ0n) is 12.1. The molecule has 0 spiro atoms. The van der Waals surface area contributed by atoms with E-state index < -0.39 is 0 Å². The van der Waals surface area contributed by atoms with Crippen LogP contribution in [0, 0.1) is 6.92 Å². The van der Waals surface area contributed by atoms with Gasteiger partial charge in [-0.3, -0.25) is 0 Å². The van der Waals surface area contributed by atoms with Gasteiger partial charge in [-0.2, -0.15) is 0 Å². The molecule has 0 amide bonds. The van der Waals surface area contributed by atoms with Crippen molar-refractivity contribution in [2.24, 2.45) is 0 Å². The van der Waals surface area contributed by atoms with Crippen LogP contribution in [-0.4, -0.2) is 35.3 Å².